The molecule has 0 spiro atoms. The van der Waals surface area contributed by atoms with Gasteiger partial charge in [0, 0.05) is 11.4 Å². The van der Waals surface area contributed by atoms with Gasteiger partial charge in [-0.2, -0.15) is 5.26 Å². The van der Waals surface area contributed by atoms with Crippen molar-refractivity contribution >= 4 is 34.0 Å². The van der Waals surface area contributed by atoms with E-state index in [1.807, 2.05) is 42.7 Å². The van der Waals surface area contributed by atoms with Crippen molar-refractivity contribution in [2.75, 3.05) is 17.7 Å². The number of rotatable bonds is 8. The topological polar surface area (TPSA) is 92.8 Å². The van der Waals surface area contributed by atoms with E-state index >= 15 is 0 Å². The minimum Gasteiger partial charge on any atom is -0.493 e. The van der Waals surface area contributed by atoms with Crippen molar-refractivity contribution in [2.24, 2.45) is 5.92 Å². The molecule has 0 radical (unpaired) electrons. The number of aromatic nitrogens is 3. The molecule has 1 aromatic carbocycles. The molecule has 33 heavy (non-hydrogen) atoms. The van der Waals surface area contributed by atoms with Crippen molar-refractivity contribution < 1.29 is 9.53 Å². The molecule has 4 rings (SSSR count). The first-order valence-corrected chi connectivity index (χ1v) is 13.0. The van der Waals surface area contributed by atoms with Crippen LogP contribution in [0, 0.1) is 17.2 Å². The first kappa shape index (κ1) is 23.3. The van der Waals surface area contributed by atoms with E-state index in [2.05, 4.69) is 28.5 Å². The number of nitrogens with one attached hydrogen (secondary N) is 1. The van der Waals surface area contributed by atoms with Crippen LogP contribution in [0.1, 0.15) is 43.2 Å². The Labute approximate surface area is 202 Å². The minimum absolute atomic E-state index is 0.148. The van der Waals surface area contributed by atoms with Crippen molar-refractivity contribution in [3.63, 3.8) is 0 Å². The molecule has 1 N–H and O–H groups in total. The highest BCUT2D eigenvalue weighted by atomic mass is 32.2. The van der Waals surface area contributed by atoms with E-state index in [4.69, 9.17) is 4.74 Å². The third-order valence-corrected chi connectivity index (χ3v) is 7.81. The summed E-state index contributed by atoms with van der Waals surface area (Å²) in [6.45, 7) is 7.44. The Kier molecular flexibility index (Phi) is 7.36. The summed E-state index contributed by atoms with van der Waals surface area (Å²) >= 11 is 2.89. The summed E-state index contributed by atoms with van der Waals surface area (Å²) in [6, 6.07) is 10.1. The lowest BCUT2D eigenvalue weighted by molar-refractivity contribution is -0.113. The third-order valence-electron chi connectivity index (χ3n) is 5.67. The van der Waals surface area contributed by atoms with Gasteiger partial charge in [0.1, 0.15) is 16.8 Å². The van der Waals surface area contributed by atoms with Crippen LogP contribution < -0.4 is 10.1 Å². The molecule has 0 fully saturated rings. The highest BCUT2D eigenvalue weighted by Crippen LogP contribution is 2.39. The van der Waals surface area contributed by atoms with Crippen LogP contribution >= 0.6 is 23.1 Å². The number of ether oxygens (including phenoxy) is 1. The number of benzene rings is 1. The Hall–Kier alpha value is -2.83. The van der Waals surface area contributed by atoms with Crippen LogP contribution in [0.4, 0.5) is 5.00 Å². The van der Waals surface area contributed by atoms with Gasteiger partial charge < -0.3 is 14.6 Å². The maximum atomic E-state index is 12.7. The summed E-state index contributed by atoms with van der Waals surface area (Å²) in [4.78, 5) is 14.0. The standard InChI is InChI=1S/C24H27N5O2S2/c1-4-29-22(17-8-6-7-9-19(17)31-5-2)27-28-24(29)32-14-21(30)26-23-18(13-25)16-11-10-15(3)12-20(16)33-23/h6-9,15H,4-5,10-12,14H2,1-3H3,(H,26,30). The zero-order valence-corrected chi connectivity index (χ0v) is 20.7. The molecule has 1 atom stereocenters. The highest BCUT2D eigenvalue weighted by molar-refractivity contribution is 7.99. The lowest BCUT2D eigenvalue weighted by atomic mass is 9.89. The first-order chi connectivity index (χ1) is 16.0. The van der Waals surface area contributed by atoms with Crippen LogP contribution in [0.15, 0.2) is 29.4 Å². The molecule has 0 saturated heterocycles. The van der Waals surface area contributed by atoms with E-state index in [9.17, 15) is 10.1 Å². The summed E-state index contributed by atoms with van der Waals surface area (Å²) < 4.78 is 7.74. The van der Waals surface area contributed by atoms with E-state index in [1.165, 1.54) is 16.6 Å². The van der Waals surface area contributed by atoms with Crippen molar-refractivity contribution in [3.05, 3.63) is 40.3 Å². The molecule has 9 heteroatoms. The van der Waals surface area contributed by atoms with Gasteiger partial charge in [0.05, 0.1) is 23.5 Å². The van der Waals surface area contributed by atoms with Gasteiger partial charge in [0.25, 0.3) is 0 Å². The molecule has 1 amide bonds. The van der Waals surface area contributed by atoms with E-state index in [0.717, 1.165) is 42.0 Å². The van der Waals surface area contributed by atoms with Crippen LogP contribution in [-0.4, -0.2) is 33.0 Å². The number of carbonyl (C=O) groups excluding carboxylic acids is 1. The quantitative estimate of drug-likeness (QED) is 0.447. The maximum Gasteiger partial charge on any atom is 0.235 e. The van der Waals surface area contributed by atoms with E-state index in [-0.39, 0.29) is 11.7 Å². The smallest absolute Gasteiger partial charge is 0.235 e. The van der Waals surface area contributed by atoms with Crippen molar-refractivity contribution in [2.45, 2.75) is 51.7 Å². The average Bonchev–Trinajstić information content (AvgIpc) is 3.37. The number of para-hydroxylation sites is 1. The van der Waals surface area contributed by atoms with Crippen molar-refractivity contribution in [3.8, 4) is 23.2 Å². The number of carbonyl (C=O) groups is 1. The molecule has 1 aliphatic carbocycles. The van der Waals surface area contributed by atoms with Crippen LogP contribution in [-0.2, 0) is 24.2 Å². The fourth-order valence-corrected chi connectivity index (χ4v) is 6.24. The summed E-state index contributed by atoms with van der Waals surface area (Å²) in [5, 5.41) is 22.7. The van der Waals surface area contributed by atoms with Crippen LogP contribution in [0.5, 0.6) is 5.75 Å². The molecule has 172 valence electrons. The largest absolute Gasteiger partial charge is 0.493 e. The first-order valence-electron chi connectivity index (χ1n) is 11.2. The van der Waals surface area contributed by atoms with Gasteiger partial charge in [-0.1, -0.05) is 30.8 Å². The zero-order valence-electron chi connectivity index (χ0n) is 19.1. The van der Waals surface area contributed by atoms with Crippen LogP contribution in [0.25, 0.3) is 11.4 Å². The van der Waals surface area contributed by atoms with Gasteiger partial charge in [-0.25, -0.2) is 0 Å². The molecule has 0 saturated carbocycles. The number of hydrogen-bond donors (Lipinski definition) is 1. The fourth-order valence-electron chi connectivity index (χ4n) is 4.06. The van der Waals surface area contributed by atoms with E-state index < -0.39 is 0 Å². The second kappa shape index (κ2) is 10.4. The number of amides is 1. The predicted molar refractivity (Wildman–Crippen MR) is 132 cm³/mol. The van der Waals surface area contributed by atoms with Gasteiger partial charge in [-0.3, -0.25) is 4.79 Å². The molecular weight excluding hydrogens is 454 g/mol. The molecule has 1 unspecified atom stereocenters. The van der Waals surface area contributed by atoms with Gasteiger partial charge in [-0.05, 0) is 56.7 Å². The SMILES string of the molecule is CCOc1ccccc1-c1nnc(SCC(=O)Nc2sc3c(c2C#N)CCC(C)C3)n1CC. The molecule has 1 aliphatic rings. The Morgan fingerprint density at radius 3 is 2.94 bits per heavy atom. The molecule has 0 bridgehead atoms. The molecular formula is C24H27N5O2S2. The number of fused-ring (bicyclic) bond motifs is 1. The summed E-state index contributed by atoms with van der Waals surface area (Å²) in [5.74, 6) is 2.14. The summed E-state index contributed by atoms with van der Waals surface area (Å²) in [6.07, 6.45) is 2.97. The molecule has 2 aromatic heterocycles. The number of hydrogen-bond acceptors (Lipinski definition) is 7. The fraction of sp³-hybridized carbons (Fsp3) is 0.417. The van der Waals surface area contributed by atoms with Gasteiger partial charge in [0.2, 0.25) is 5.91 Å². The predicted octanol–water partition coefficient (Wildman–Crippen LogP) is 5.15. The Morgan fingerprint density at radius 2 is 2.18 bits per heavy atom. The lowest BCUT2D eigenvalue weighted by Crippen LogP contribution is -2.14. The second-order valence-electron chi connectivity index (χ2n) is 7.98. The van der Waals surface area contributed by atoms with Gasteiger partial charge >= 0.3 is 0 Å². The summed E-state index contributed by atoms with van der Waals surface area (Å²) in [5.41, 5.74) is 2.63. The number of thiophene rings is 1. The van der Waals surface area contributed by atoms with E-state index in [0.29, 0.717) is 34.8 Å². The minimum atomic E-state index is -0.148. The maximum absolute atomic E-state index is 12.7. The third kappa shape index (κ3) is 4.92. The molecule has 7 nitrogen and oxygen atoms in total. The van der Waals surface area contributed by atoms with Gasteiger partial charge in [0.15, 0.2) is 11.0 Å². The summed E-state index contributed by atoms with van der Waals surface area (Å²) in [7, 11) is 0. The Balaban J connectivity index is 1.48. The normalized spacial score (nSPS) is 15.0. The lowest BCUT2D eigenvalue weighted by Gasteiger charge is -2.17. The average molecular weight is 482 g/mol. The Morgan fingerprint density at radius 1 is 1.36 bits per heavy atom. The van der Waals surface area contributed by atoms with Gasteiger partial charge in [-0.15, -0.1) is 21.5 Å². The highest BCUT2D eigenvalue weighted by Gasteiger charge is 2.25. The van der Waals surface area contributed by atoms with Crippen molar-refractivity contribution in [1.82, 2.24) is 14.8 Å². The second-order valence-corrected chi connectivity index (χ2v) is 10.0. The monoisotopic (exact) mass is 481 g/mol. The molecule has 2 heterocycles. The Bertz CT molecular complexity index is 1190. The number of nitrogens with zero attached hydrogens (tertiary/aromatic N) is 4. The van der Waals surface area contributed by atoms with Crippen molar-refractivity contribution in [1.29, 1.82) is 5.26 Å². The number of thioether (sulfide) groups is 1. The van der Waals surface area contributed by atoms with E-state index in [1.54, 1.807) is 11.3 Å². The molecule has 3 aromatic rings. The number of anilines is 1. The number of nitriles is 1. The zero-order chi connectivity index (χ0) is 23.4. The molecule has 0 aliphatic heterocycles. The van der Waals surface area contributed by atoms with Crippen LogP contribution in [0.3, 0.4) is 0 Å². The van der Waals surface area contributed by atoms with Crippen LogP contribution in [0.2, 0.25) is 0 Å².